The van der Waals surface area contributed by atoms with Gasteiger partial charge >= 0.3 is 0 Å². The first-order valence-corrected chi connectivity index (χ1v) is 8.39. The normalized spacial score (nSPS) is 21.6. The van der Waals surface area contributed by atoms with E-state index in [1.807, 2.05) is 12.1 Å². The molecular weight excluding hydrogens is 293 g/mol. The quantitative estimate of drug-likeness (QED) is 0.796. The van der Waals surface area contributed by atoms with E-state index >= 15 is 0 Å². The first-order valence-electron chi connectivity index (χ1n) is 7.48. The van der Waals surface area contributed by atoms with Crippen LogP contribution in [0.15, 0.2) is 12.1 Å². The molecule has 5 heteroatoms. The lowest BCUT2D eigenvalue weighted by molar-refractivity contribution is 0.187. The van der Waals surface area contributed by atoms with Crippen LogP contribution in [0.2, 0.25) is 5.02 Å². The van der Waals surface area contributed by atoms with Crippen molar-refractivity contribution in [3.63, 3.8) is 0 Å². The minimum absolute atomic E-state index is 0.370. The molecule has 3 rings (SSSR count). The molecule has 0 amide bonds. The lowest BCUT2D eigenvalue weighted by atomic mass is 10.2. The van der Waals surface area contributed by atoms with Gasteiger partial charge in [0.15, 0.2) is 0 Å². The summed E-state index contributed by atoms with van der Waals surface area (Å²) in [5.41, 5.74) is 0.782. The van der Waals surface area contributed by atoms with E-state index in [1.54, 1.807) is 0 Å². The predicted octanol–water partition coefficient (Wildman–Crippen LogP) is 3.54. The van der Waals surface area contributed by atoms with Crippen molar-refractivity contribution in [3.8, 4) is 0 Å². The molecule has 2 fully saturated rings. The Morgan fingerprint density at radius 3 is 2.45 bits per heavy atom. The summed E-state index contributed by atoms with van der Waals surface area (Å²) in [4.78, 5) is 9.58. The Morgan fingerprint density at radius 2 is 1.80 bits per heavy atom. The lowest BCUT2D eigenvalue weighted by Gasteiger charge is -2.38. The zero-order valence-corrected chi connectivity index (χ0v) is 13.2. The lowest BCUT2D eigenvalue weighted by Crippen LogP contribution is -2.50. The average molecular weight is 314 g/mol. The average Bonchev–Trinajstić information content (AvgIpc) is 3.02. The molecule has 1 aliphatic heterocycles. The van der Waals surface area contributed by atoms with E-state index in [0.29, 0.717) is 10.9 Å². The monoisotopic (exact) mass is 313 g/mol. The number of nitrogens with zero attached hydrogens (tertiary/aromatic N) is 3. The Kier molecular flexibility index (Phi) is 4.69. The van der Waals surface area contributed by atoms with Gasteiger partial charge in [-0.1, -0.05) is 24.4 Å². The van der Waals surface area contributed by atoms with Crippen molar-refractivity contribution in [2.45, 2.75) is 37.6 Å². The molecule has 2 heterocycles. The van der Waals surface area contributed by atoms with Crippen LogP contribution in [0.1, 0.15) is 31.4 Å². The topological polar surface area (TPSA) is 19.4 Å². The molecule has 2 aliphatic rings. The number of rotatable bonds is 3. The summed E-state index contributed by atoms with van der Waals surface area (Å²) in [6, 6.07) is 4.74. The molecule has 0 bridgehead atoms. The smallest absolute Gasteiger partial charge is 0.129 e. The SMILES string of the molecule is ClCc1nc(N2CCN(C3CCCC3)CC2)ccc1Cl. The molecule has 1 aromatic rings. The summed E-state index contributed by atoms with van der Waals surface area (Å²) in [7, 11) is 0. The maximum atomic E-state index is 6.07. The van der Waals surface area contributed by atoms with Crippen LogP contribution in [0.5, 0.6) is 0 Å². The van der Waals surface area contributed by atoms with Crippen molar-refractivity contribution in [2.75, 3.05) is 31.1 Å². The summed E-state index contributed by atoms with van der Waals surface area (Å²) >= 11 is 11.9. The van der Waals surface area contributed by atoms with Crippen molar-refractivity contribution in [1.29, 1.82) is 0 Å². The van der Waals surface area contributed by atoms with E-state index in [2.05, 4.69) is 14.8 Å². The minimum atomic E-state index is 0.370. The molecule has 0 N–H and O–H groups in total. The number of hydrogen-bond donors (Lipinski definition) is 0. The second kappa shape index (κ2) is 6.50. The van der Waals surface area contributed by atoms with Gasteiger partial charge in [-0.05, 0) is 25.0 Å². The van der Waals surface area contributed by atoms with Gasteiger partial charge in [-0.2, -0.15) is 0 Å². The van der Waals surface area contributed by atoms with Gasteiger partial charge in [0.25, 0.3) is 0 Å². The van der Waals surface area contributed by atoms with Crippen LogP contribution in [0.25, 0.3) is 0 Å². The zero-order chi connectivity index (χ0) is 13.9. The first-order chi connectivity index (χ1) is 9.78. The van der Waals surface area contributed by atoms with Gasteiger partial charge in [0.1, 0.15) is 5.82 Å². The van der Waals surface area contributed by atoms with Gasteiger partial charge in [0.2, 0.25) is 0 Å². The fraction of sp³-hybridized carbons (Fsp3) is 0.667. The van der Waals surface area contributed by atoms with Crippen LogP contribution < -0.4 is 4.90 Å². The van der Waals surface area contributed by atoms with Crippen LogP contribution in [0, 0.1) is 0 Å². The van der Waals surface area contributed by atoms with Gasteiger partial charge in [-0.3, -0.25) is 4.90 Å². The highest BCUT2D eigenvalue weighted by atomic mass is 35.5. The maximum Gasteiger partial charge on any atom is 0.129 e. The molecule has 3 nitrogen and oxygen atoms in total. The Bertz CT molecular complexity index is 452. The molecule has 110 valence electrons. The minimum Gasteiger partial charge on any atom is -0.354 e. The van der Waals surface area contributed by atoms with Crippen LogP contribution in [0.3, 0.4) is 0 Å². The number of piperazine rings is 1. The molecule has 0 unspecified atom stereocenters. The Balaban J connectivity index is 1.62. The van der Waals surface area contributed by atoms with Gasteiger partial charge in [0, 0.05) is 32.2 Å². The van der Waals surface area contributed by atoms with Crippen LogP contribution in [-0.2, 0) is 5.88 Å². The molecule has 1 saturated heterocycles. The number of anilines is 1. The summed E-state index contributed by atoms with van der Waals surface area (Å²) < 4.78 is 0. The fourth-order valence-electron chi connectivity index (χ4n) is 3.33. The molecule has 0 radical (unpaired) electrons. The van der Waals surface area contributed by atoms with Crippen molar-refractivity contribution >= 4 is 29.0 Å². The van der Waals surface area contributed by atoms with Crippen LogP contribution in [-0.4, -0.2) is 42.1 Å². The van der Waals surface area contributed by atoms with Crippen molar-refractivity contribution in [1.82, 2.24) is 9.88 Å². The van der Waals surface area contributed by atoms with Crippen molar-refractivity contribution < 1.29 is 0 Å². The number of aromatic nitrogens is 1. The molecular formula is C15H21Cl2N3. The summed E-state index contributed by atoms with van der Waals surface area (Å²) in [5.74, 6) is 1.38. The first kappa shape index (κ1) is 14.4. The number of hydrogen-bond acceptors (Lipinski definition) is 3. The third-order valence-corrected chi connectivity index (χ3v) is 5.11. The van der Waals surface area contributed by atoms with E-state index in [1.165, 1.54) is 25.7 Å². The largest absolute Gasteiger partial charge is 0.354 e. The molecule has 0 aromatic carbocycles. The van der Waals surface area contributed by atoms with Gasteiger partial charge in [-0.25, -0.2) is 4.98 Å². The fourth-order valence-corrected chi connectivity index (χ4v) is 3.77. The van der Waals surface area contributed by atoms with E-state index < -0.39 is 0 Å². The summed E-state index contributed by atoms with van der Waals surface area (Å²) in [6.07, 6.45) is 5.58. The van der Waals surface area contributed by atoms with E-state index in [-0.39, 0.29) is 0 Å². The standard InChI is InChI=1S/C15H21Cl2N3/c16-11-14-13(17)5-6-15(18-14)20-9-7-19(8-10-20)12-3-1-2-4-12/h5-6,12H,1-4,7-11H2. The molecule has 0 spiro atoms. The van der Waals surface area contributed by atoms with E-state index in [4.69, 9.17) is 23.2 Å². The third-order valence-electron chi connectivity index (χ3n) is 4.51. The number of halogens is 2. The number of pyridine rings is 1. The highest BCUT2D eigenvalue weighted by Crippen LogP contribution is 2.26. The van der Waals surface area contributed by atoms with Crippen molar-refractivity contribution in [2.24, 2.45) is 0 Å². The summed E-state index contributed by atoms with van der Waals surface area (Å²) in [5, 5.41) is 0.661. The molecule has 1 aromatic heterocycles. The Hall–Kier alpha value is -0.510. The Labute approximate surface area is 130 Å². The molecule has 20 heavy (non-hydrogen) atoms. The van der Waals surface area contributed by atoms with Gasteiger partial charge in [-0.15, -0.1) is 11.6 Å². The highest BCUT2D eigenvalue weighted by molar-refractivity contribution is 6.32. The van der Waals surface area contributed by atoms with Gasteiger partial charge in [0.05, 0.1) is 16.6 Å². The molecule has 1 aliphatic carbocycles. The van der Waals surface area contributed by atoms with E-state index in [0.717, 1.165) is 43.7 Å². The van der Waals surface area contributed by atoms with E-state index in [9.17, 15) is 0 Å². The third kappa shape index (κ3) is 3.05. The zero-order valence-electron chi connectivity index (χ0n) is 11.7. The maximum absolute atomic E-state index is 6.07. The Morgan fingerprint density at radius 1 is 1.10 bits per heavy atom. The highest BCUT2D eigenvalue weighted by Gasteiger charge is 2.26. The van der Waals surface area contributed by atoms with Crippen LogP contribution in [0.4, 0.5) is 5.82 Å². The summed E-state index contributed by atoms with van der Waals surface area (Å²) in [6.45, 7) is 4.38. The second-order valence-electron chi connectivity index (χ2n) is 5.69. The predicted molar refractivity (Wildman–Crippen MR) is 84.8 cm³/mol. The van der Waals surface area contributed by atoms with Gasteiger partial charge < -0.3 is 4.90 Å². The molecule has 1 saturated carbocycles. The molecule has 0 atom stereocenters. The number of alkyl halides is 1. The van der Waals surface area contributed by atoms with Crippen LogP contribution >= 0.6 is 23.2 Å². The second-order valence-corrected chi connectivity index (χ2v) is 6.37. The van der Waals surface area contributed by atoms with Crippen molar-refractivity contribution in [3.05, 3.63) is 22.8 Å².